The number of hydrogen-bond donors (Lipinski definition) is 6. The van der Waals surface area contributed by atoms with E-state index < -0.39 is 5.92 Å². The molecule has 16 rings (SSSR count). The van der Waals surface area contributed by atoms with Gasteiger partial charge < -0.3 is 37.6 Å². The molecule has 6 aliphatic carbocycles. The summed E-state index contributed by atoms with van der Waals surface area (Å²) in [6.45, 7) is 13.5. The molecule has 99 heavy (non-hydrogen) atoms. The molecule has 7 heterocycles. The second kappa shape index (κ2) is 30.8. The van der Waals surface area contributed by atoms with Crippen molar-refractivity contribution in [3.8, 4) is 0 Å². The van der Waals surface area contributed by atoms with Crippen LogP contribution >= 0.6 is 0 Å². The molecule has 4 aliphatic heterocycles. The molecule has 0 amide bonds. The monoisotopic (exact) mass is 1340 g/mol. The Bertz CT molecular complexity index is 3680. The van der Waals surface area contributed by atoms with Crippen molar-refractivity contribution in [3.63, 3.8) is 0 Å². The predicted octanol–water partition coefficient (Wildman–Crippen LogP) is 13.1. The van der Waals surface area contributed by atoms with Crippen LogP contribution < -0.4 is 37.6 Å². The van der Waals surface area contributed by atoms with E-state index in [2.05, 4.69) is 144 Å². The first-order valence-corrected chi connectivity index (χ1v) is 39.5. The van der Waals surface area contributed by atoms with E-state index >= 15 is 0 Å². The van der Waals surface area contributed by atoms with Crippen molar-refractivity contribution in [2.75, 3.05) is 76.9 Å². The maximum atomic E-state index is 14.5. The molecule has 0 spiro atoms. The van der Waals surface area contributed by atoms with Crippen molar-refractivity contribution in [2.45, 2.75) is 227 Å². The van der Waals surface area contributed by atoms with Crippen molar-refractivity contribution < 1.29 is 8.78 Å². The van der Waals surface area contributed by atoms with Crippen molar-refractivity contribution in [1.82, 2.24) is 50.9 Å². The van der Waals surface area contributed by atoms with Gasteiger partial charge in [0.1, 0.15) is 0 Å². The number of aryl methyl sites for hydroxylation is 1. The van der Waals surface area contributed by atoms with Crippen LogP contribution in [0.15, 0.2) is 110 Å². The summed E-state index contributed by atoms with van der Waals surface area (Å²) >= 11 is 0. The van der Waals surface area contributed by atoms with Crippen molar-refractivity contribution >= 4 is 5.69 Å². The molecule has 13 nitrogen and oxygen atoms in total. The number of aromatic nitrogens is 3. The van der Waals surface area contributed by atoms with Crippen LogP contribution in [-0.4, -0.2) is 132 Å². The average Bonchev–Trinajstić information content (AvgIpc) is 0.779. The average molecular weight is 1340 g/mol. The Hall–Kier alpha value is -5.59. The number of nitrogens with zero attached hydrogens (tertiary/aromatic N) is 7. The lowest BCUT2D eigenvalue weighted by atomic mass is 9.76. The summed E-state index contributed by atoms with van der Waals surface area (Å²) in [5.74, 6) is 0.368. The Morgan fingerprint density at radius 1 is 0.485 bits per heavy atom. The molecule has 8 atom stereocenters. The van der Waals surface area contributed by atoms with Crippen molar-refractivity contribution in [3.05, 3.63) is 188 Å². The van der Waals surface area contributed by atoms with Gasteiger partial charge in [0.2, 0.25) is 5.92 Å². The summed E-state index contributed by atoms with van der Waals surface area (Å²) in [6.07, 6.45) is 28.8. The second-order valence-corrected chi connectivity index (χ2v) is 32.7. The molecule has 15 heteroatoms. The van der Waals surface area contributed by atoms with E-state index in [1.807, 2.05) is 6.20 Å². The lowest BCUT2D eigenvalue weighted by Gasteiger charge is -2.43. The third kappa shape index (κ3) is 15.4. The van der Waals surface area contributed by atoms with Gasteiger partial charge in [-0.3, -0.25) is 29.7 Å². The third-order valence-electron chi connectivity index (χ3n) is 26.3. The molecule has 4 fully saturated rings. The molecule has 10 aliphatic rings. The number of anilines is 1. The number of alkyl halides is 2. The van der Waals surface area contributed by atoms with Gasteiger partial charge >= 0.3 is 0 Å². The van der Waals surface area contributed by atoms with Crippen LogP contribution in [-0.2, 0) is 45.3 Å². The molecule has 0 bridgehead atoms. The Morgan fingerprint density at radius 3 is 1.72 bits per heavy atom. The van der Waals surface area contributed by atoms with Crippen LogP contribution in [0.4, 0.5) is 14.5 Å². The lowest BCUT2D eigenvalue weighted by molar-refractivity contribution is -0.0506. The quantitative estimate of drug-likeness (QED) is 0.0431. The summed E-state index contributed by atoms with van der Waals surface area (Å²) in [6, 6.07) is 37.6. The van der Waals surface area contributed by atoms with Crippen LogP contribution in [0.5, 0.6) is 0 Å². The van der Waals surface area contributed by atoms with E-state index in [9.17, 15) is 8.78 Å². The van der Waals surface area contributed by atoms with Gasteiger partial charge in [-0.2, -0.15) is 0 Å². The zero-order valence-corrected chi connectivity index (χ0v) is 59.1. The first kappa shape index (κ1) is 67.9. The number of fused-ring (bicyclic) bond motifs is 6. The molecular formula is C84H113F2N13. The van der Waals surface area contributed by atoms with Gasteiger partial charge in [-0.25, -0.2) is 8.78 Å². The number of rotatable bonds is 20. The maximum Gasteiger partial charge on any atom is 0.248 e. The van der Waals surface area contributed by atoms with E-state index in [-0.39, 0.29) is 30.8 Å². The van der Waals surface area contributed by atoms with Gasteiger partial charge in [0.05, 0.1) is 35.2 Å². The minimum absolute atomic E-state index is 0.0152. The highest BCUT2D eigenvalue weighted by atomic mass is 19.3. The fraction of sp³-hybridized carbons (Fsp3) is 0.607. The van der Waals surface area contributed by atoms with Crippen molar-refractivity contribution in [2.24, 2.45) is 35.1 Å². The first-order chi connectivity index (χ1) is 48.6. The van der Waals surface area contributed by atoms with Gasteiger partial charge in [0.15, 0.2) is 0 Å². The van der Waals surface area contributed by atoms with Gasteiger partial charge in [-0.15, -0.1) is 0 Å². The molecular weight excluding hydrogens is 1230 g/mol. The van der Waals surface area contributed by atoms with E-state index in [4.69, 9.17) is 26.4 Å². The number of halogens is 2. The molecule has 1 saturated heterocycles. The normalized spacial score (nSPS) is 29.3. The number of nitrogens with one attached hydrogen (secondary N) is 4. The van der Waals surface area contributed by atoms with Gasteiger partial charge in [0.25, 0.3) is 0 Å². The third-order valence-corrected chi connectivity index (χ3v) is 26.3. The van der Waals surface area contributed by atoms with E-state index in [0.717, 1.165) is 175 Å². The zero-order valence-electron chi connectivity index (χ0n) is 59.1. The topological polar surface area (TPSA) is 152 Å². The van der Waals surface area contributed by atoms with Crippen molar-refractivity contribution in [1.29, 1.82) is 0 Å². The smallest absolute Gasteiger partial charge is 0.248 e. The zero-order chi connectivity index (χ0) is 66.8. The Kier molecular flexibility index (Phi) is 21.1. The number of benzene rings is 3. The number of piperazine rings is 1. The molecule has 6 aromatic rings. The molecule has 3 aromatic heterocycles. The minimum atomic E-state index is -2.52. The number of hydrogen-bond acceptors (Lipinski definition) is 13. The van der Waals surface area contributed by atoms with Crippen LogP contribution in [0.1, 0.15) is 230 Å². The summed E-state index contributed by atoms with van der Waals surface area (Å²) in [5.41, 5.74) is 34.0. The Morgan fingerprint density at radius 2 is 1.03 bits per heavy atom. The van der Waals surface area contributed by atoms with Crippen LogP contribution in [0.2, 0.25) is 0 Å². The standard InChI is InChI=1S/C84H113F2N13/c85-84(86)31-28-59(29-32-84)51-97(77-13-3-9-60-10-4-33-90-81(60)77)38-30-69-46-76-67(50-93-69)42-65(45-80(76)96-39-36-89-37-40-96)73-25-27-79(83-75(73)12-6-35-92-83)99(53-58-18-22-68(88)23-19-58)55-71-44-62-20-21-63(41-66(62)49-95-71)72-24-26-78(82-74(72)11-5-34-91-82)98(52-57-16-14-56(47-87)15-17-57)54-70-43-61-7-1-2-8-64(61)48-94-70/h1-2,4-8,10-12,20-21,33-35,41-42,45,56-59,68-73,77-79,89,93-95H,3,9,13-19,22-32,36-40,43-44,46-55,87-88H2/t56?,57?,58?,68?,69-,70+,71+,72?,73?,77-,78?,79-/m0/s1. The largest absolute Gasteiger partial charge is 0.369 e. The van der Waals surface area contributed by atoms with Crippen LogP contribution in [0.3, 0.4) is 0 Å². The first-order valence-electron chi connectivity index (χ1n) is 39.5. The summed E-state index contributed by atoms with van der Waals surface area (Å²) in [4.78, 5) is 26.9. The number of pyridine rings is 3. The van der Waals surface area contributed by atoms with Crippen LogP contribution in [0.25, 0.3) is 0 Å². The maximum absolute atomic E-state index is 14.5. The van der Waals surface area contributed by atoms with E-state index in [1.165, 1.54) is 122 Å². The lowest BCUT2D eigenvalue weighted by Crippen LogP contribution is -2.48. The fourth-order valence-electron chi connectivity index (χ4n) is 20.7. The number of nitrogens with two attached hydrogens (primary N) is 2. The molecule has 3 aromatic carbocycles. The highest BCUT2D eigenvalue weighted by Crippen LogP contribution is 2.49. The minimum Gasteiger partial charge on any atom is -0.369 e. The molecule has 0 radical (unpaired) electrons. The summed E-state index contributed by atoms with van der Waals surface area (Å²) < 4.78 is 29.0. The van der Waals surface area contributed by atoms with Gasteiger partial charge in [-0.1, -0.05) is 66.7 Å². The highest BCUT2D eigenvalue weighted by molar-refractivity contribution is 5.62. The van der Waals surface area contributed by atoms with Gasteiger partial charge in [0, 0.05) is 158 Å². The van der Waals surface area contributed by atoms with Gasteiger partial charge in [-0.05, 0) is 251 Å². The Balaban J connectivity index is 0.621. The molecule has 3 saturated carbocycles. The summed E-state index contributed by atoms with van der Waals surface area (Å²) in [5, 5.41) is 15.9. The Labute approximate surface area is 589 Å². The molecule has 8 N–H and O–H groups in total. The SMILES string of the molecule is NCC1CCC(CN(C[C@H]2Cc3ccccc3CN2)C2CCC(c3ccc4c(c3)CN[C@@H](CN(CC3CCC(N)CC3)[C@H]3CCC(c5cc6c(c(N7CCNCC7)c5)C[C@H](CCN(CC5CCC(F)(F)CC5)[C@H]5CCCc7cccnc75)NC6)c5cccnc53)C4)c3cccnc32)CC1. The molecule has 3 unspecified atom stereocenters. The highest BCUT2D eigenvalue weighted by Gasteiger charge is 2.42. The molecule has 528 valence electrons. The second-order valence-electron chi connectivity index (χ2n) is 32.7. The van der Waals surface area contributed by atoms with E-state index in [0.29, 0.717) is 72.6 Å². The fourth-order valence-corrected chi connectivity index (χ4v) is 20.7. The summed E-state index contributed by atoms with van der Waals surface area (Å²) in [7, 11) is 0. The van der Waals surface area contributed by atoms with E-state index in [1.54, 1.807) is 0 Å². The predicted molar refractivity (Wildman–Crippen MR) is 394 cm³/mol. The van der Waals surface area contributed by atoms with Crippen LogP contribution in [0, 0.1) is 23.7 Å².